The molecule has 0 aromatic carbocycles. The Morgan fingerprint density at radius 1 is 1.64 bits per heavy atom. The predicted octanol–water partition coefficient (Wildman–Crippen LogP) is 1.64. The third-order valence-electron chi connectivity index (χ3n) is 2.09. The van der Waals surface area contributed by atoms with Gasteiger partial charge in [0, 0.05) is 6.04 Å². The number of nitriles is 1. The van der Waals surface area contributed by atoms with Gasteiger partial charge in [-0.2, -0.15) is 5.26 Å². The quantitative estimate of drug-likeness (QED) is 0.789. The number of hydrogen-bond acceptors (Lipinski definition) is 3. The highest BCUT2D eigenvalue weighted by Crippen LogP contribution is 2.16. The Morgan fingerprint density at radius 3 is 2.86 bits per heavy atom. The van der Waals surface area contributed by atoms with Crippen LogP contribution in [-0.2, 0) is 0 Å². The van der Waals surface area contributed by atoms with Crippen LogP contribution in [0.4, 0.5) is 0 Å². The summed E-state index contributed by atoms with van der Waals surface area (Å²) in [7, 11) is 0. The van der Waals surface area contributed by atoms with E-state index < -0.39 is 0 Å². The summed E-state index contributed by atoms with van der Waals surface area (Å²) < 4.78 is 2.01. The second-order valence-electron chi connectivity index (χ2n) is 3.44. The minimum atomic E-state index is -0.259. The molecule has 0 amide bonds. The first-order valence-electron chi connectivity index (χ1n) is 4.85. The van der Waals surface area contributed by atoms with Crippen molar-refractivity contribution in [3.05, 3.63) is 18.2 Å². The average molecular weight is 192 g/mol. The monoisotopic (exact) mass is 192 g/mol. The van der Waals surface area contributed by atoms with Crippen molar-refractivity contribution in [1.29, 1.82) is 5.26 Å². The first kappa shape index (κ1) is 10.7. The molecule has 0 saturated heterocycles. The van der Waals surface area contributed by atoms with E-state index in [9.17, 15) is 0 Å². The maximum atomic E-state index is 8.98. The van der Waals surface area contributed by atoms with Gasteiger partial charge >= 0.3 is 0 Å². The maximum absolute atomic E-state index is 8.98. The number of nitrogens with one attached hydrogen (secondary N) is 1. The van der Waals surface area contributed by atoms with Gasteiger partial charge in [0.15, 0.2) is 0 Å². The third kappa shape index (κ3) is 2.12. The van der Waals surface area contributed by atoms with Gasteiger partial charge in [-0.15, -0.1) is 0 Å². The van der Waals surface area contributed by atoms with E-state index >= 15 is 0 Å². The van der Waals surface area contributed by atoms with E-state index in [2.05, 4.69) is 30.2 Å². The number of rotatable bonds is 4. The molecule has 1 aromatic heterocycles. The van der Waals surface area contributed by atoms with Gasteiger partial charge in [-0.25, -0.2) is 4.98 Å². The highest BCUT2D eigenvalue weighted by molar-refractivity contribution is 5.14. The lowest BCUT2D eigenvalue weighted by Gasteiger charge is -2.15. The fourth-order valence-corrected chi connectivity index (χ4v) is 1.39. The Kier molecular flexibility index (Phi) is 3.66. The highest BCUT2D eigenvalue weighted by atomic mass is 15.1. The molecule has 4 heteroatoms. The summed E-state index contributed by atoms with van der Waals surface area (Å²) >= 11 is 0. The molecule has 4 nitrogen and oxygen atoms in total. The van der Waals surface area contributed by atoms with Gasteiger partial charge in [-0.05, 0) is 20.4 Å². The average Bonchev–Trinajstić information content (AvgIpc) is 2.62. The Labute approximate surface area is 84.6 Å². The molecule has 0 fully saturated rings. The molecule has 1 heterocycles. The normalized spacial score (nSPS) is 12.8. The van der Waals surface area contributed by atoms with E-state index in [1.54, 1.807) is 12.5 Å². The first-order chi connectivity index (χ1) is 6.70. The minimum Gasteiger partial charge on any atom is -0.330 e. The molecule has 0 spiro atoms. The predicted molar refractivity (Wildman–Crippen MR) is 54.6 cm³/mol. The van der Waals surface area contributed by atoms with Crippen molar-refractivity contribution < 1.29 is 0 Å². The molecule has 1 atom stereocenters. The lowest BCUT2D eigenvalue weighted by Crippen LogP contribution is -2.22. The summed E-state index contributed by atoms with van der Waals surface area (Å²) in [6, 6.07) is 2.30. The summed E-state index contributed by atoms with van der Waals surface area (Å²) in [4.78, 5) is 4.07. The molecule has 0 saturated carbocycles. The largest absolute Gasteiger partial charge is 0.330 e. The van der Waals surface area contributed by atoms with E-state index in [1.807, 2.05) is 11.5 Å². The standard InChI is InChI=1S/C10H16N4/c1-4-13-9(5-11)10-6-12-7-14(10)8(2)3/h6-9,13H,4H2,1-3H3. The van der Waals surface area contributed by atoms with Gasteiger partial charge in [0.05, 0.1) is 24.3 Å². The molecule has 0 aliphatic rings. The van der Waals surface area contributed by atoms with Crippen LogP contribution in [0.15, 0.2) is 12.5 Å². The van der Waals surface area contributed by atoms with Gasteiger partial charge < -0.3 is 4.57 Å². The van der Waals surface area contributed by atoms with Crippen molar-refractivity contribution in [1.82, 2.24) is 14.9 Å². The topological polar surface area (TPSA) is 53.6 Å². The molecule has 0 radical (unpaired) electrons. The molecule has 1 N–H and O–H groups in total. The second-order valence-corrected chi connectivity index (χ2v) is 3.44. The maximum Gasteiger partial charge on any atom is 0.138 e. The van der Waals surface area contributed by atoms with Crippen molar-refractivity contribution in [2.45, 2.75) is 32.9 Å². The SMILES string of the molecule is CCNC(C#N)c1cncn1C(C)C. The van der Waals surface area contributed by atoms with Crippen LogP contribution in [0.5, 0.6) is 0 Å². The van der Waals surface area contributed by atoms with Gasteiger partial charge in [0.2, 0.25) is 0 Å². The summed E-state index contributed by atoms with van der Waals surface area (Å²) in [5, 5.41) is 12.1. The summed E-state index contributed by atoms with van der Waals surface area (Å²) in [5.41, 5.74) is 0.935. The summed E-state index contributed by atoms with van der Waals surface area (Å²) in [5.74, 6) is 0. The Bertz CT molecular complexity index is 321. The molecule has 1 aromatic rings. The smallest absolute Gasteiger partial charge is 0.138 e. The van der Waals surface area contributed by atoms with Crippen molar-refractivity contribution >= 4 is 0 Å². The molecular formula is C10H16N4. The molecular weight excluding hydrogens is 176 g/mol. The van der Waals surface area contributed by atoms with Gasteiger partial charge in [0.1, 0.15) is 6.04 Å². The molecule has 1 rings (SSSR count). The van der Waals surface area contributed by atoms with Crippen LogP contribution < -0.4 is 5.32 Å². The number of hydrogen-bond donors (Lipinski definition) is 1. The molecule has 0 aliphatic heterocycles. The Morgan fingerprint density at radius 2 is 2.36 bits per heavy atom. The van der Waals surface area contributed by atoms with Gasteiger partial charge in [0.25, 0.3) is 0 Å². The molecule has 0 aliphatic carbocycles. The van der Waals surface area contributed by atoms with Crippen LogP contribution in [0.1, 0.15) is 38.5 Å². The lowest BCUT2D eigenvalue weighted by atomic mass is 10.2. The zero-order valence-electron chi connectivity index (χ0n) is 8.86. The number of imidazole rings is 1. The van der Waals surface area contributed by atoms with Crippen LogP contribution in [-0.4, -0.2) is 16.1 Å². The molecule has 1 unspecified atom stereocenters. The van der Waals surface area contributed by atoms with Gasteiger partial charge in [-0.1, -0.05) is 6.92 Å². The highest BCUT2D eigenvalue weighted by Gasteiger charge is 2.15. The van der Waals surface area contributed by atoms with Crippen molar-refractivity contribution in [3.8, 4) is 6.07 Å². The van der Waals surface area contributed by atoms with E-state index in [-0.39, 0.29) is 6.04 Å². The lowest BCUT2D eigenvalue weighted by molar-refractivity contribution is 0.533. The number of aromatic nitrogens is 2. The molecule has 14 heavy (non-hydrogen) atoms. The second kappa shape index (κ2) is 4.77. The number of nitrogens with zero attached hydrogens (tertiary/aromatic N) is 3. The van der Waals surface area contributed by atoms with Crippen LogP contribution in [0.3, 0.4) is 0 Å². The first-order valence-corrected chi connectivity index (χ1v) is 4.85. The Balaban J connectivity index is 2.93. The van der Waals surface area contributed by atoms with Crippen LogP contribution in [0.25, 0.3) is 0 Å². The fraction of sp³-hybridized carbons (Fsp3) is 0.600. The van der Waals surface area contributed by atoms with Gasteiger partial charge in [-0.3, -0.25) is 5.32 Å². The zero-order valence-corrected chi connectivity index (χ0v) is 8.86. The van der Waals surface area contributed by atoms with Crippen molar-refractivity contribution in [2.24, 2.45) is 0 Å². The summed E-state index contributed by atoms with van der Waals surface area (Å²) in [6.07, 6.45) is 3.51. The van der Waals surface area contributed by atoms with Crippen LogP contribution in [0, 0.1) is 11.3 Å². The van der Waals surface area contributed by atoms with Crippen LogP contribution >= 0.6 is 0 Å². The van der Waals surface area contributed by atoms with Crippen molar-refractivity contribution in [2.75, 3.05) is 6.54 Å². The zero-order chi connectivity index (χ0) is 10.6. The van der Waals surface area contributed by atoms with E-state index in [4.69, 9.17) is 5.26 Å². The molecule has 76 valence electrons. The van der Waals surface area contributed by atoms with E-state index in [0.29, 0.717) is 6.04 Å². The van der Waals surface area contributed by atoms with E-state index in [1.165, 1.54) is 0 Å². The minimum absolute atomic E-state index is 0.259. The molecule has 0 bridgehead atoms. The Hall–Kier alpha value is -1.34. The summed E-state index contributed by atoms with van der Waals surface area (Å²) in [6.45, 7) is 6.92. The van der Waals surface area contributed by atoms with E-state index in [0.717, 1.165) is 12.2 Å². The fourth-order valence-electron chi connectivity index (χ4n) is 1.39. The van der Waals surface area contributed by atoms with Crippen molar-refractivity contribution in [3.63, 3.8) is 0 Å². The van der Waals surface area contributed by atoms with Crippen LogP contribution in [0.2, 0.25) is 0 Å². The third-order valence-corrected chi connectivity index (χ3v) is 2.09.